The maximum Gasteiger partial charge on any atom is 0.341 e. The standard InChI is InChI=1S/C16H22N4O3S3/c1-5-7-17-15-19-20-16(26-15)24-8-11(21)18-13-12(14(22)23-6-2)9(3)10(4)25-13/h5-8H2,1-4H3,(H,17,19)(H,18,21). The summed E-state index contributed by atoms with van der Waals surface area (Å²) in [5.74, 6) is -0.408. The van der Waals surface area contributed by atoms with Gasteiger partial charge in [-0.2, -0.15) is 0 Å². The molecule has 1 amide bonds. The van der Waals surface area contributed by atoms with Gasteiger partial charge in [0.2, 0.25) is 11.0 Å². The van der Waals surface area contributed by atoms with E-state index in [2.05, 4.69) is 27.8 Å². The molecule has 2 heterocycles. The van der Waals surface area contributed by atoms with E-state index in [4.69, 9.17) is 4.74 Å². The number of aryl methyl sites for hydroxylation is 1. The zero-order chi connectivity index (χ0) is 19.1. The van der Waals surface area contributed by atoms with E-state index in [-0.39, 0.29) is 11.7 Å². The van der Waals surface area contributed by atoms with Crippen LogP contribution in [0.1, 0.15) is 41.1 Å². The summed E-state index contributed by atoms with van der Waals surface area (Å²) in [5.41, 5.74) is 1.28. The number of amides is 1. The number of ether oxygens (including phenoxy) is 1. The van der Waals surface area contributed by atoms with Gasteiger partial charge in [0.05, 0.1) is 17.9 Å². The Morgan fingerprint density at radius 1 is 1.19 bits per heavy atom. The molecule has 10 heteroatoms. The molecule has 0 spiro atoms. The summed E-state index contributed by atoms with van der Waals surface area (Å²) in [7, 11) is 0. The van der Waals surface area contributed by atoms with Gasteiger partial charge in [0.25, 0.3) is 0 Å². The largest absolute Gasteiger partial charge is 0.462 e. The molecule has 2 rings (SSSR count). The van der Waals surface area contributed by atoms with Gasteiger partial charge in [0.1, 0.15) is 5.00 Å². The highest BCUT2D eigenvalue weighted by Gasteiger charge is 2.22. The quantitative estimate of drug-likeness (QED) is 0.474. The lowest BCUT2D eigenvalue weighted by molar-refractivity contribution is -0.113. The predicted molar refractivity (Wildman–Crippen MR) is 108 cm³/mol. The Morgan fingerprint density at radius 2 is 1.96 bits per heavy atom. The Labute approximate surface area is 164 Å². The fraction of sp³-hybridized carbons (Fsp3) is 0.500. The van der Waals surface area contributed by atoms with Crippen molar-refractivity contribution in [2.45, 2.75) is 38.5 Å². The van der Waals surface area contributed by atoms with Gasteiger partial charge in [-0.05, 0) is 32.8 Å². The first-order chi connectivity index (χ1) is 12.5. The first-order valence-corrected chi connectivity index (χ1v) is 10.8. The molecule has 0 atom stereocenters. The molecule has 0 saturated carbocycles. The first-order valence-electron chi connectivity index (χ1n) is 8.23. The molecule has 0 aliphatic rings. The number of carbonyl (C=O) groups is 2. The molecular formula is C16H22N4O3S3. The summed E-state index contributed by atoms with van der Waals surface area (Å²) in [4.78, 5) is 25.4. The summed E-state index contributed by atoms with van der Waals surface area (Å²) in [5, 5.41) is 15.4. The molecule has 0 aromatic carbocycles. The third-order valence-electron chi connectivity index (χ3n) is 3.38. The second-order valence-electron chi connectivity index (χ2n) is 5.34. The Bertz CT molecular complexity index is 773. The summed E-state index contributed by atoms with van der Waals surface area (Å²) in [6, 6.07) is 0. The van der Waals surface area contributed by atoms with Crippen LogP contribution in [-0.2, 0) is 9.53 Å². The van der Waals surface area contributed by atoms with Gasteiger partial charge in [0, 0.05) is 11.4 Å². The van der Waals surface area contributed by atoms with E-state index in [0.717, 1.165) is 32.9 Å². The van der Waals surface area contributed by atoms with Crippen molar-refractivity contribution < 1.29 is 14.3 Å². The molecular weight excluding hydrogens is 392 g/mol. The summed E-state index contributed by atoms with van der Waals surface area (Å²) >= 11 is 4.12. The monoisotopic (exact) mass is 414 g/mol. The summed E-state index contributed by atoms with van der Waals surface area (Å²) in [6.07, 6.45) is 1.01. The number of thioether (sulfide) groups is 1. The molecule has 26 heavy (non-hydrogen) atoms. The number of hydrogen-bond donors (Lipinski definition) is 2. The van der Waals surface area contributed by atoms with Gasteiger partial charge in [-0.3, -0.25) is 4.79 Å². The van der Waals surface area contributed by atoms with Crippen LogP contribution in [0, 0.1) is 13.8 Å². The highest BCUT2D eigenvalue weighted by Crippen LogP contribution is 2.33. The number of nitrogens with one attached hydrogen (secondary N) is 2. The number of aromatic nitrogens is 2. The summed E-state index contributed by atoms with van der Waals surface area (Å²) < 4.78 is 5.82. The van der Waals surface area contributed by atoms with E-state index in [1.165, 1.54) is 34.4 Å². The van der Waals surface area contributed by atoms with E-state index < -0.39 is 5.97 Å². The average Bonchev–Trinajstić information content (AvgIpc) is 3.16. The number of nitrogens with zero attached hydrogens (tertiary/aromatic N) is 2. The topological polar surface area (TPSA) is 93.2 Å². The van der Waals surface area contributed by atoms with E-state index in [0.29, 0.717) is 17.2 Å². The van der Waals surface area contributed by atoms with E-state index in [9.17, 15) is 9.59 Å². The number of rotatable bonds is 9. The lowest BCUT2D eigenvalue weighted by Crippen LogP contribution is -2.16. The van der Waals surface area contributed by atoms with Gasteiger partial charge >= 0.3 is 5.97 Å². The summed E-state index contributed by atoms with van der Waals surface area (Å²) in [6.45, 7) is 8.74. The molecule has 2 aromatic rings. The van der Waals surface area contributed by atoms with Crippen molar-refractivity contribution in [2.24, 2.45) is 0 Å². The Hall–Kier alpha value is -1.65. The van der Waals surface area contributed by atoms with Crippen molar-refractivity contribution in [1.29, 1.82) is 0 Å². The van der Waals surface area contributed by atoms with Crippen molar-refractivity contribution in [1.82, 2.24) is 10.2 Å². The maximum atomic E-state index is 12.3. The van der Waals surface area contributed by atoms with Crippen LogP contribution in [0.2, 0.25) is 0 Å². The third kappa shape index (κ3) is 5.42. The molecule has 0 aliphatic heterocycles. The van der Waals surface area contributed by atoms with E-state index in [1.807, 2.05) is 13.8 Å². The second kappa shape index (κ2) is 9.89. The van der Waals surface area contributed by atoms with Crippen LogP contribution in [0.3, 0.4) is 0 Å². The van der Waals surface area contributed by atoms with Gasteiger partial charge in [0.15, 0.2) is 4.34 Å². The molecule has 0 unspecified atom stereocenters. The molecule has 142 valence electrons. The molecule has 0 radical (unpaired) electrons. The van der Waals surface area contributed by atoms with Crippen LogP contribution in [0.5, 0.6) is 0 Å². The van der Waals surface area contributed by atoms with Crippen LogP contribution in [0.4, 0.5) is 10.1 Å². The minimum Gasteiger partial charge on any atom is -0.462 e. The molecule has 0 fully saturated rings. The van der Waals surface area contributed by atoms with Crippen molar-refractivity contribution >= 4 is 56.4 Å². The Balaban J connectivity index is 1.96. The Morgan fingerprint density at radius 3 is 2.65 bits per heavy atom. The normalized spacial score (nSPS) is 10.6. The number of anilines is 2. The molecule has 0 saturated heterocycles. The number of hydrogen-bond acceptors (Lipinski definition) is 9. The van der Waals surface area contributed by atoms with Crippen LogP contribution in [0.25, 0.3) is 0 Å². The van der Waals surface area contributed by atoms with Crippen molar-refractivity contribution in [2.75, 3.05) is 29.5 Å². The molecule has 7 nitrogen and oxygen atoms in total. The molecule has 2 N–H and O–H groups in total. The maximum absolute atomic E-state index is 12.3. The zero-order valence-corrected chi connectivity index (χ0v) is 17.6. The first kappa shape index (κ1) is 20.7. The SMILES string of the molecule is CCCNc1nnc(SCC(=O)Nc2sc(C)c(C)c2C(=O)OCC)s1. The molecule has 0 bridgehead atoms. The minimum atomic E-state index is -0.409. The highest BCUT2D eigenvalue weighted by atomic mass is 32.2. The van der Waals surface area contributed by atoms with Gasteiger partial charge < -0.3 is 15.4 Å². The molecule has 2 aromatic heterocycles. The smallest absolute Gasteiger partial charge is 0.341 e. The predicted octanol–water partition coefficient (Wildman–Crippen LogP) is 3.95. The second-order valence-corrected chi connectivity index (χ2v) is 8.77. The number of thiophene rings is 1. The minimum absolute atomic E-state index is 0.194. The highest BCUT2D eigenvalue weighted by molar-refractivity contribution is 8.01. The van der Waals surface area contributed by atoms with Crippen LogP contribution >= 0.6 is 34.4 Å². The van der Waals surface area contributed by atoms with Crippen molar-refractivity contribution in [3.05, 3.63) is 16.0 Å². The van der Waals surface area contributed by atoms with Crippen molar-refractivity contribution in [3.8, 4) is 0 Å². The average molecular weight is 415 g/mol. The fourth-order valence-corrected chi connectivity index (χ4v) is 4.67. The van der Waals surface area contributed by atoms with Crippen LogP contribution in [-0.4, -0.2) is 41.0 Å². The van der Waals surface area contributed by atoms with Gasteiger partial charge in [-0.25, -0.2) is 4.79 Å². The fourth-order valence-electron chi connectivity index (χ4n) is 2.03. The number of esters is 1. The number of carbonyl (C=O) groups excluding carboxylic acids is 2. The third-order valence-corrected chi connectivity index (χ3v) is 6.51. The van der Waals surface area contributed by atoms with E-state index >= 15 is 0 Å². The van der Waals surface area contributed by atoms with Gasteiger partial charge in [-0.15, -0.1) is 21.5 Å². The molecule has 0 aliphatic carbocycles. The van der Waals surface area contributed by atoms with Crippen molar-refractivity contribution in [3.63, 3.8) is 0 Å². The van der Waals surface area contributed by atoms with Crippen LogP contribution in [0.15, 0.2) is 4.34 Å². The Kier molecular flexibility index (Phi) is 7.85. The lowest BCUT2D eigenvalue weighted by atomic mass is 10.1. The van der Waals surface area contributed by atoms with E-state index in [1.54, 1.807) is 6.92 Å². The lowest BCUT2D eigenvalue weighted by Gasteiger charge is -2.06. The zero-order valence-electron chi connectivity index (χ0n) is 15.2. The van der Waals surface area contributed by atoms with Gasteiger partial charge in [-0.1, -0.05) is 30.0 Å². The van der Waals surface area contributed by atoms with Crippen LogP contribution < -0.4 is 10.6 Å².